The molecule has 2 aliphatic rings. The van der Waals surface area contributed by atoms with Crippen LogP contribution in [0.4, 0.5) is 0 Å². The predicted molar refractivity (Wildman–Crippen MR) is 63.9 cm³/mol. The van der Waals surface area contributed by atoms with Crippen molar-refractivity contribution in [1.29, 1.82) is 0 Å². The molecule has 2 atom stereocenters. The first-order valence-electron chi connectivity index (χ1n) is 6.33. The van der Waals surface area contributed by atoms with Crippen LogP contribution in [-0.2, 0) is 9.53 Å². The van der Waals surface area contributed by atoms with Gasteiger partial charge in [-0.05, 0) is 44.4 Å². The molecular formula is C14H20O2. The number of allylic oxidation sites excluding steroid dienone is 4. The minimum absolute atomic E-state index is 0.0129. The van der Waals surface area contributed by atoms with E-state index in [4.69, 9.17) is 4.74 Å². The maximum absolute atomic E-state index is 11.8. The molecule has 0 saturated carbocycles. The van der Waals surface area contributed by atoms with Crippen LogP contribution in [0, 0.1) is 11.8 Å². The summed E-state index contributed by atoms with van der Waals surface area (Å²) in [6.07, 6.45) is 14.9. The van der Waals surface area contributed by atoms with Gasteiger partial charge in [0.1, 0.15) is 0 Å². The average molecular weight is 220 g/mol. The van der Waals surface area contributed by atoms with E-state index in [-0.39, 0.29) is 11.9 Å². The van der Waals surface area contributed by atoms with Gasteiger partial charge in [-0.2, -0.15) is 0 Å². The Kier molecular flexibility index (Phi) is 4.20. The number of hydrogen-bond acceptors (Lipinski definition) is 2. The highest BCUT2D eigenvalue weighted by Crippen LogP contribution is 2.22. The van der Waals surface area contributed by atoms with Gasteiger partial charge in [0.25, 0.3) is 0 Å². The van der Waals surface area contributed by atoms with Crippen LogP contribution in [0.2, 0.25) is 0 Å². The van der Waals surface area contributed by atoms with Crippen molar-refractivity contribution >= 4 is 5.97 Å². The average Bonchev–Trinajstić information content (AvgIpc) is 2.38. The normalized spacial score (nSPS) is 29.0. The SMILES string of the molecule is O=C(OC[C@@H]1CC=CCC1)[C@@H]1CC=CCC1. The lowest BCUT2D eigenvalue weighted by Gasteiger charge is -2.20. The summed E-state index contributed by atoms with van der Waals surface area (Å²) < 4.78 is 5.41. The topological polar surface area (TPSA) is 26.3 Å². The summed E-state index contributed by atoms with van der Waals surface area (Å²) in [5.74, 6) is 0.677. The zero-order chi connectivity index (χ0) is 11.2. The Balaban J connectivity index is 1.70. The molecule has 0 fully saturated rings. The molecule has 0 aromatic heterocycles. The predicted octanol–water partition coefficient (Wildman–Crippen LogP) is 3.24. The largest absolute Gasteiger partial charge is 0.465 e. The van der Waals surface area contributed by atoms with Crippen LogP contribution in [0.1, 0.15) is 38.5 Å². The van der Waals surface area contributed by atoms with Crippen LogP contribution >= 0.6 is 0 Å². The maximum atomic E-state index is 11.8. The smallest absolute Gasteiger partial charge is 0.309 e. The number of rotatable bonds is 3. The lowest BCUT2D eigenvalue weighted by molar-refractivity contribution is -0.150. The quantitative estimate of drug-likeness (QED) is 0.539. The first kappa shape index (κ1) is 11.4. The molecule has 0 saturated heterocycles. The van der Waals surface area contributed by atoms with Gasteiger partial charge in [0.05, 0.1) is 12.5 Å². The monoisotopic (exact) mass is 220 g/mol. The molecule has 88 valence electrons. The van der Waals surface area contributed by atoms with Gasteiger partial charge in [0, 0.05) is 0 Å². The third kappa shape index (κ3) is 3.22. The highest BCUT2D eigenvalue weighted by molar-refractivity contribution is 5.72. The molecule has 2 nitrogen and oxygen atoms in total. The van der Waals surface area contributed by atoms with Crippen molar-refractivity contribution in [2.45, 2.75) is 38.5 Å². The molecule has 0 spiro atoms. The fraction of sp³-hybridized carbons (Fsp3) is 0.643. The molecule has 0 aromatic rings. The Bertz CT molecular complexity index is 291. The number of esters is 1. The van der Waals surface area contributed by atoms with Crippen molar-refractivity contribution < 1.29 is 9.53 Å². The van der Waals surface area contributed by atoms with Gasteiger partial charge < -0.3 is 4.74 Å². The van der Waals surface area contributed by atoms with E-state index in [1.165, 1.54) is 0 Å². The van der Waals surface area contributed by atoms with Crippen LogP contribution in [0.15, 0.2) is 24.3 Å². The van der Waals surface area contributed by atoms with Gasteiger partial charge in [-0.3, -0.25) is 4.79 Å². The second-order valence-corrected chi connectivity index (χ2v) is 4.76. The van der Waals surface area contributed by atoms with Gasteiger partial charge in [0.15, 0.2) is 0 Å². The highest BCUT2D eigenvalue weighted by Gasteiger charge is 2.21. The van der Waals surface area contributed by atoms with Gasteiger partial charge in [-0.25, -0.2) is 0 Å². The fourth-order valence-electron chi connectivity index (χ4n) is 2.33. The highest BCUT2D eigenvalue weighted by atomic mass is 16.5. The second-order valence-electron chi connectivity index (χ2n) is 4.76. The first-order valence-corrected chi connectivity index (χ1v) is 6.33. The van der Waals surface area contributed by atoms with Crippen molar-refractivity contribution in [3.05, 3.63) is 24.3 Å². The van der Waals surface area contributed by atoms with E-state index in [0.717, 1.165) is 38.5 Å². The minimum atomic E-state index is 0.0129. The summed E-state index contributed by atoms with van der Waals surface area (Å²) in [4.78, 5) is 11.8. The molecule has 0 bridgehead atoms. The molecule has 2 heteroatoms. The van der Waals surface area contributed by atoms with E-state index in [0.29, 0.717) is 12.5 Å². The van der Waals surface area contributed by atoms with Crippen molar-refractivity contribution in [2.24, 2.45) is 11.8 Å². The minimum Gasteiger partial charge on any atom is -0.465 e. The molecule has 16 heavy (non-hydrogen) atoms. The van der Waals surface area contributed by atoms with Crippen molar-refractivity contribution in [3.8, 4) is 0 Å². The third-order valence-corrected chi connectivity index (χ3v) is 3.44. The Morgan fingerprint density at radius 2 is 1.81 bits per heavy atom. The Hall–Kier alpha value is -1.05. The van der Waals surface area contributed by atoms with E-state index in [1.807, 2.05) is 0 Å². The molecule has 0 aliphatic heterocycles. The molecule has 0 radical (unpaired) electrons. The Morgan fingerprint density at radius 3 is 2.44 bits per heavy atom. The van der Waals surface area contributed by atoms with E-state index in [9.17, 15) is 4.79 Å². The molecule has 0 heterocycles. The number of hydrogen-bond donors (Lipinski definition) is 0. The van der Waals surface area contributed by atoms with E-state index in [1.54, 1.807) is 0 Å². The molecule has 0 amide bonds. The van der Waals surface area contributed by atoms with E-state index < -0.39 is 0 Å². The molecule has 0 aromatic carbocycles. The molecule has 2 rings (SSSR count). The Morgan fingerprint density at radius 1 is 1.06 bits per heavy atom. The van der Waals surface area contributed by atoms with Gasteiger partial charge in [-0.15, -0.1) is 0 Å². The summed E-state index contributed by atoms with van der Waals surface area (Å²) >= 11 is 0. The number of ether oxygens (including phenoxy) is 1. The van der Waals surface area contributed by atoms with Gasteiger partial charge in [0.2, 0.25) is 0 Å². The van der Waals surface area contributed by atoms with Crippen LogP contribution in [0.3, 0.4) is 0 Å². The van der Waals surface area contributed by atoms with Crippen molar-refractivity contribution in [2.75, 3.05) is 6.61 Å². The van der Waals surface area contributed by atoms with Crippen LogP contribution in [0.5, 0.6) is 0 Å². The molecule has 0 N–H and O–H groups in total. The first-order chi connectivity index (χ1) is 7.86. The van der Waals surface area contributed by atoms with Crippen LogP contribution in [-0.4, -0.2) is 12.6 Å². The Labute approximate surface area is 97.4 Å². The molecule has 0 unspecified atom stereocenters. The van der Waals surface area contributed by atoms with Crippen molar-refractivity contribution in [1.82, 2.24) is 0 Å². The fourth-order valence-corrected chi connectivity index (χ4v) is 2.33. The summed E-state index contributed by atoms with van der Waals surface area (Å²) in [6.45, 7) is 0.614. The summed E-state index contributed by atoms with van der Waals surface area (Å²) in [5, 5.41) is 0. The van der Waals surface area contributed by atoms with E-state index >= 15 is 0 Å². The standard InChI is InChI=1S/C14H20O2/c15-14(13-9-5-2-6-10-13)16-11-12-7-3-1-4-8-12/h1-3,5,12-13H,4,6-11H2/t12-,13-/m1/s1. The third-order valence-electron chi connectivity index (χ3n) is 3.44. The zero-order valence-electron chi connectivity index (χ0n) is 9.73. The van der Waals surface area contributed by atoms with Crippen molar-refractivity contribution in [3.63, 3.8) is 0 Å². The summed E-state index contributed by atoms with van der Waals surface area (Å²) in [6, 6.07) is 0. The zero-order valence-corrected chi connectivity index (χ0v) is 9.73. The lowest BCUT2D eigenvalue weighted by Crippen LogP contribution is -2.22. The van der Waals surface area contributed by atoms with E-state index in [2.05, 4.69) is 24.3 Å². The summed E-state index contributed by atoms with van der Waals surface area (Å²) in [7, 11) is 0. The molecular weight excluding hydrogens is 200 g/mol. The second kappa shape index (κ2) is 5.88. The maximum Gasteiger partial charge on any atom is 0.309 e. The summed E-state index contributed by atoms with van der Waals surface area (Å²) in [5.41, 5.74) is 0. The van der Waals surface area contributed by atoms with Crippen LogP contribution < -0.4 is 0 Å². The molecule has 2 aliphatic carbocycles. The van der Waals surface area contributed by atoms with Crippen LogP contribution in [0.25, 0.3) is 0 Å². The number of carbonyl (C=O) groups excluding carboxylic acids is 1. The number of carbonyl (C=O) groups is 1. The van der Waals surface area contributed by atoms with Gasteiger partial charge in [-0.1, -0.05) is 24.3 Å². The van der Waals surface area contributed by atoms with Gasteiger partial charge >= 0.3 is 5.97 Å². The lowest BCUT2D eigenvalue weighted by atomic mass is 9.94.